The first-order valence-electron chi connectivity index (χ1n) is 2.84. The first-order valence-corrected chi connectivity index (χ1v) is 2.84. The number of methoxy groups -OCH3 is 1. The van der Waals surface area contributed by atoms with Gasteiger partial charge in [-0.3, -0.25) is 0 Å². The van der Waals surface area contributed by atoms with Crippen LogP contribution in [-0.2, 0) is 19.1 Å². The lowest BCUT2D eigenvalue weighted by molar-refractivity contribution is -0.159. The fourth-order valence-corrected chi connectivity index (χ4v) is 0.683. The highest BCUT2D eigenvalue weighted by Gasteiger charge is 2.33. The molecule has 60 valence electrons. The molecule has 0 saturated heterocycles. The maximum atomic E-state index is 10.7. The van der Waals surface area contributed by atoms with Gasteiger partial charge >= 0.3 is 11.9 Å². The Hall–Kier alpha value is -1.52. The second kappa shape index (κ2) is 2.61. The zero-order valence-corrected chi connectivity index (χ0v) is 5.73. The van der Waals surface area contributed by atoms with Crippen LogP contribution in [-0.4, -0.2) is 30.3 Å². The van der Waals surface area contributed by atoms with Gasteiger partial charge in [-0.15, -0.1) is 0 Å². The zero-order chi connectivity index (χ0) is 8.43. The Bertz CT molecular complexity index is 229. The first-order chi connectivity index (χ1) is 5.15. The third-order valence-electron chi connectivity index (χ3n) is 1.18. The normalized spacial score (nSPS) is 22.5. The van der Waals surface area contributed by atoms with Crippen molar-refractivity contribution in [3.8, 4) is 0 Å². The summed E-state index contributed by atoms with van der Waals surface area (Å²) in [6.07, 6.45) is -0.436. The molecule has 5 nitrogen and oxygen atoms in total. The largest absolute Gasteiger partial charge is 0.507 e. The molecule has 0 bridgehead atoms. The predicted molar refractivity (Wildman–Crippen MR) is 32.6 cm³/mol. The number of aliphatic hydroxyl groups excluding tert-OH is 1. The van der Waals surface area contributed by atoms with Gasteiger partial charge in [0.05, 0.1) is 13.2 Å². The number of ether oxygens (including phenoxy) is 2. The van der Waals surface area contributed by atoms with E-state index < -0.39 is 23.8 Å². The van der Waals surface area contributed by atoms with Crippen LogP contribution >= 0.6 is 0 Å². The van der Waals surface area contributed by atoms with E-state index in [1.165, 1.54) is 0 Å². The number of esters is 2. The average molecular weight is 158 g/mol. The second-order valence-electron chi connectivity index (χ2n) is 1.91. The molecule has 0 aromatic carbocycles. The van der Waals surface area contributed by atoms with Crippen molar-refractivity contribution >= 4 is 11.9 Å². The molecule has 1 heterocycles. The minimum absolute atomic E-state index is 0.415. The van der Waals surface area contributed by atoms with E-state index in [2.05, 4.69) is 9.47 Å². The van der Waals surface area contributed by atoms with Gasteiger partial charge in [0.1, 0.15) is 0 Å². The maximum absolute atomic E-state index is 10.7. The molecule has 0 fully saturated rings. The van der Waals surface area contributed by atoms with Crippen molar-refractivity contribution in [2.45, 2.75) is 6.10 Å². The van der Waals surface area contributed by atoms with Gasteiger partial charge in [0, 0.05) is 0 Å². The highest BCUT2D eigenvalue weighted by Crippen LogP contribution is 2.13. The van der Waals surface area contributed by atoms with Crippen LogP contribution in [0.15, 0.2) is 11.8 Å². The minimum Gasteiger partial charge on any atom is -0.507 e. The molecule has 0 aliphatic carbocycles. The number of hydrogen-bond donors (Lipinski definition) is 1. The van der Waals surface area contributed by atoms with Gasteiger partial charge < -0.3 is 14.6 Å². The van der Waals surface area contributed by atoms with E-state index in [0.29, 0.717) is 0 Å². The Kier molecular flexibility index (Phi) is 1.80. The average Bonchev–Trinajstić information content (AvgIpc) is 2.28. The topological polar surface area (TPSA) is 72.8 Å². The van der Waals surface area contributed by atoms with Crippen LogP contribution in [0.2, 0.25) is 0 Å². The lowest BCUT2D eigenvalue weighted by Crippen LogP contribution is -2.24. The quantitative estimate of drug-likeness (QED) is 0.522. The Morgan fingerprint density at radius 1 is 1.82 bits per heavy atom. The fraction of sp³-hybridized carbons (Fsp3) is 0.333. The van der Waals surface area contributed by atoms with Crippen LogP contribution in [0, 0.1) is 0 Å². The Balaban J connectivity index is 2.71. The van der Waals surface area contributed by atoms with Gasteiger partial charge in [-0.1, -0.05) is 0 Å². The van der Waals surface area contributed by atoms with Crippen LogP contribution in [0.25, 0.3) is 0 Å². The molecule has 1 N–H and O–H groups in total. The summed E-state index contributed by atoms with van der Waals surface area (Å²) in [7, 11) is 1.14. The lowest BCUT2D eigenvalue weighted by Gasteiger charge is -2.06. The summed E-state index contributed by atoms with van der Waals surface area (Å²) in [6.45, 7) is 0. The van der Waals surface area contributed by atoms with E-state index in [-0.39, 0.29) is 0 Å². The second-order valence-corrected chi connectivity index (χ2v) is 1.91. The molecule has 0 radical (unpaired) electrons. The molecule has 0 aromatic rings. The van der Waals surface area contributed by atoms with Crippen molar-refractivity contribution in [3.63, 3.8) is 0 Å². The van der Waals surface area contributed by atoms with Gasteiger partial charge in [-0.2, -0.15) is 0 Å². The number of cyclic esters (lactones) is 1. The number of carbonyl (C=O) groups excluding carboxylic acids is 2. The SMILES string of the molecule is COC(=O)C1OC(=O)C=C1O. The maximum Gasteiger partial charge on any atom is 0.355 e. The van der Waals surface area contributed by atoms with Crippen molar-refractivity contribution in [2.24, 2.45) is 0 Å². The molecule has 1 rings (SSSR count). The van der Waals surface area contributed by atoms with Crippen molar-refractivity contribution in [2.75, 3.05) is 7.11 Å². The monoisotopic (exact) mass is 158 g/mol. The van der Waals surface area contributed by atoms with Gasteiger partial charge in [0.25, 0.3) is 6.10 Å². The number of rotatable bonds is 1. The first kappa shape index (κ1) is 7.59. The number of aliphatic hydroxyl groups is 1. The molecule has 1 atom stereocenters. The van der Waals surface area contributed by atoms with E-state index in [9.17, 15) is 9.59 Å². The van der Waals surface area contributed by atoms with Crippen LogP contribution < -0.4 is 0 Å². The molecule has 1 aliphatic heterocycles. The van der Waals surface area contributed by atoms with E-state index in [4.69, 9.17) is 5.11 Å². The van der Waals surface area contributed by atoms with E-state index >= 15 is 0 Å². The molecule has 0 spiro atoms. The Morgan fingerprint density at radius 3 is 2.82 bits per heavy atom. The number of hydrogen-bond acceptors (Lipinski definition) is 5. The van der Waals surface area contributed by atoms with Crippen molar-refractivity contribution in [1.82, 2.24) is 0 Å². The smallest absolute Gasteiger partial charge is 0.355 e. The fourth-order valence-electron chi connectivity index (χ4n) is 0.683. The van der Waals surface area contributed by atoms with Crippen molar-refractivity contribution < 1.29 is 24.2 Å². The summed E-state index contributed by atoms with van der Waals surface area (Å²) in [5, 5.41) is 8.88. The molecular weight excluding hydrogens is 152 g/mol. The summed E-state index contributed by atoms with van der Waals surface area (Å²) in [5.74, 6) is -1.94. The minimum atomic E-state index is -1.27. The van der Waals surface area contributed by atoms with Crippen LogP contribution in [0.5, 0.6) is 0 Å². The van der Waals surface area contributed by atoms with Crippen molar-refractivity contribution in [3.05, 3.63) is 11.8 Å². The molecule has 1 aliphatic rings. The lowest BCUT2D eigenvalue weighted by atomic mass is 10.3. The van der Waals surface area contributed by atoms with Crippen LogP contribution in [0.1, 0.15) is 0 Å². The molecule has 0 saturated carbocycles. The summed E-state index contributed by atoms with van der Waals surface area (Å²) in [6, 6.07) is 0. The molecule has 0 aromatic heterocycles. The van der Waals surface area contributed by atoms with Crippen LogP contribution in [0.3, 0.4) is 0 Å². The highest BCUT2D eigenvalue weighted by atomic mass is 16.6. The third kappa shape index (κ3) is 1.31. The molecule has 0 amide bonds. The highest BCUT2D eigenvalue weighted by molar-refractivity contribution is 5.92. The third-order valence-corrected chi connectivity index (χ3v) is 1.18. The Morgan fingerprint density at radius 2 is 2.45 bits per heavy atom. The van der Waals surface area contributed by atoms with Gasteiger partial charge in [0.2, 0.25) is 0 Å². The van der Waals surface area contributed by atoms with Crippen molar-refractivity contribution in [1.29, 1.82) is 0 Å². The molecular formula is C6H6O5. The van der Waals surface area contributed by atoms with E-state index in [1.54, 1.807) is 0 Å². The van der Waals surface area contributed by atoms with Gasteiger partial charge in [-0.05, 0) is 0 Å². The van der Waals surface area contributed by atoms with Gasteiger partial charge in [0.15, 0.2) is 5.76 Å². The van der Waals surface area contributed by atoms with Crippen LogP contribution in [0.4, 0.5) is 0 Å². The summed E-state index contributed by atoms with van der Waals surface area (Å²) in [4.78, 5) is 21.1. The number of carbonyl (C=O) groups is 2. The zero-order valence-electron chi connectivity index (χ0n) is 5.73. The van der Waals surface area contributed by atoms with Gasteiger partial charge in [-0.25, -0.2) is 9.59 Å². The standard InChI is InChI=1S/C6H6O5/c1-10-6(9)5-3(7)2-4(8)11-5/h2,5,7H,1H3. The van der Waals surface area contributed by atoms with E-state index in [0.717, 1.165) is 13.2 Å². The summed E-state index contributed by atoms with van der Waals surface area (Å²) >= 11 is 0. The van der Waals surface area contributed by atoms with E-state index in [1.807, 2.05) is 0 Å². The Labute approximate surface area is 62.2 Å². The predicted octanol–water partition coefficient (Wildman–Crippen LogP) is -0.473. The summed E-state index contributed by atoms with van der Waals surface area (Å²) in [5.41, 5.74) is 0. The molecule has 11 heavy (non-hydrogen) atoms. The summed E-state index contributed by atoms with van der Waals surface area (Å²) < 4.78 is 8.61. The molecule has 5 heteroatoms. The molecule has 1 unspecified atom stereocenters.